The number of rotatable bonds is 4. The van der Waals surface area contributed by atoms with Gasteiger partial charge in [-0.05, 0) is 42.5 Å². The van der Waals surface area contributed by atoms with Crippen LogP contribution in [0.1, 0.15) is 6.92 Å². The first-order chi connectivity index (χ1) is 11.5. The van der Waals surface area contributed by atoms with Crippen LogP contribution in [0.5, 0.6) is 0 Å². The molecule has 0 unspecified atom stereocenters. The lowest BCUT2D eigenvalue weighted by Gasteiger charge is -2.05. The fourth-order valence-corrected chi connectivity index (χ4v) is 3.23. The number of aromatic nitrogens is 1. The summed E-state index contributed by atoms with van der Waals surface area (Å²) in [4.78, 5) is 15.6. The predicted molar refractivity (Wildman–Crippen MR) is 102 cm³/mol. The summed E-state index contributed by atoms with van der Waals surface area (Å²) in [6.07, 6.45) is 0. The van der Waals surface area contributed by atoms with E-state index >= 15 is 0 Å². The molecule has 3 rings (SSSR count). The van der Waals surface area contributed by atoms with Gasteiger partial charge in [0.15, 0.2) is 5.13 Å². The van der Waals surface area contributed by atoms with Gasteiger partial charge in [-0.15, -0.1) is 11.3 Å². The number of anilines is 3. The summed E-state index contributed by atoms with van der Waals surface area (Å²) in [6.45, 7) is 1.48. The van der Waals surface area contributed by atoms with E-state index in [1.165, 1.54) is 18.3 Å². The normalized spacial score (nSPS) is 10.5. The van der Waals surface area contributed by atoms with Crippen LogP contribution in [0.3, 0.4) is 0 Å². The van der Waals surface area contributed by atoms with Crippen molar-refractivity contribution in [1.82, 2.24) is 4.98 Å². The highest BCUT2D eigenvalue weighted by molar-refractivity contribution is 7.14. The number of halogens is 2. The van der Waals surface area contributed by atoms with Crippen LogP contribution in [0.25, 0.3) is 11.3 Å². The largest absolute Gasteiger partial charge is 0.332 e. The van der Waals surface area contributed by atoms with Crippen molar-refractivity contribution in [2.75, 3.05) is 10.6 Å². The maximum Gasteiger partial charge on any atom is 0.221 e. The Hall–Kier alpha value is -2.08. The van der Waals surface area contributed by atoms with E-state index in [2.05, 4.69) is 15.6 Å². The van der Waals surface area contributed by atoms with Crippen LogP contribution in [-0.2, 0) is 4.79 Å². The molecule has 2 aromatic carbocycles. The van der Waals surface area contributed by atoms with Gasteiger partial charge in [0.05, 0.1) is 10.7 Å². The highest BCUT2D eigenvalue weighted by Gasteiger charge is 2.09. The monoisotopic (exact) mass is 377 g/mol. The van der Waals surface area contributed by atoms with Crippen LogP contribution < -0.4 is 10.6 Å². The molecule has 0 atom stereocenters. The van der Waals surface area contributed by atoms with Gasteiger partial charge in [0.2, 0.25) is 5.91 Å². The van der Waals surface area contributed by atoms with Crippen molar-refractivity contribution in [3.63, 3.8) is 0 Å². The Balaban J connectivity index is 1.76. The summed E-state index contributed by atoms with van der Waals surface area (Å²) < 4.78 is 0. The van der Waals surface area contributed by atoms with Gasteiger partial charge in [0.1, 0.15) is 0 Å². The second kappa shape index (κ2) is 7.21. The van der Waals surface area contributed by atoms with Gasteiger partial charge in [0, 0.05) is 34.3 Å². The van der Waals surface area contributed by atoms with Gasteiger partial charge >= 0.3 is 0 Å². The summed E-state index contributed by atoms with van der Waals surface area (Å²) in [7, 11) is 0. The fraction of sp³-hybridized carbons (Fsp3) is 0.0588. The molecule has 4 nitrogen and oxygen atoms in total. The van der Waals surface area contributed by atoms with Crippen molar-refractivity contribution >= 4 is 57.0 Å². The number of nitrogens with zero attached hydrogens (tertiary/aromatic N) is 1. The van der Waals surface area contributed by atoms with Gasteiger partial charge in [-0.3, -0.25) is 4.79 Å². The number of carbonyl (C=O) groups excluding carboxylic acids is 1. The van der Waals surface area contributed by atoms with Crippen molar-refractivity contribution < 1.29 is 4.79 Å². The first-order valence-corrected chi connectivity index (χ1v) is 8.70. The predicted octanol–water partition coefficient (Wildman–Crippen LogP) is 5.82. The Morgan fingerprint density at radius 3 is 2.50 bits per heavy atom. The number of hydrogen-bond donors (Lipinski definition) is 2. The second-order valence-corrected chi connectivity index (χ2v) is 6.75. The van der Waals surface area contributed by atoms with Crippen LogP contribution in [-0.4, -0.2) is 10.9 Å². The van der Waals surface area contributed by atoms with Crippen molar-refractivity contribution in [2.45, 2.75) is 6.92 Å². The highest BCUT2D eigenvalue weighted by Crippen LogP contribution is 2.33. The maximum absolute atomic E-state index is 11.0. The lowest BCUT2D eigenvalue weighted by molar-refractivity contribution is -0.114. The molecule has 3 aromatic rings. The lowest BCUT2D eigenvalue weighted by atomic mass is 10.2. The standard InChI is InChI=1S/C17H13Cl2N3OS/c1-10(23)20-12-3-5-13(6-4-12)21-17-22-16(9-24-17)14-8-11(18)2-7-15(14)19/h2-9H,1H3,(H,20,23)(H,21,22). The first-order valence-electron chi connectivity index (χ1n) is 7.07. The Morgan fingerprint density at radius 1 is 1.08 bits per heavy atom. The average Bonchev–Trinajstić information content (AvgIpc) is 2.99. The number of nitrogens with one attached hydrogen (secondary N) is 2. The van der Waals surface area contributed by atoms with Gasteiger partial charge in [-0.1, -0.05) is 23.2 Å². The molecule has 0 aliphatic rings. The Kier molecular flexibility index (Phi) is 5.04. The van der Waals surface area contributed by atoms with E-state index in [0.717, 1.165) is 27.8 Å². The molecule has 0 aliphatic carbocycles. The molecule has 1 heterocycles. The summed E-state index contributed by atoms with van der Waals surface area (Å²) in [5.41, 5.74) is 3.19. The van der Waals surface area contributed by atoms with E-state index in [1.54, 1.807) is 18.2 Å². The van der Waals surface area contributed by atoms with Crippen molar-refractivity contribution in [1.29, 1.82) is 0 Å². The van der Waals surface area contributed by atoms with Gasteiger partial charge in [-0.2, -0.15) is 0 Å². The van der Waals surface area contributed by atoms with E-state index in [1.807, 2.05) is 29.6 Å². The number of benzene rings is 2. The maximum atomic E-state index is 11.0. The molecular weight excluding hydrogens is 365 g/mol. The Labute approximate surface area is 153 Å². The van der Waals surface area contributed by atoms with Crippen LogP contribution in [0.15, 0.2) is 47.8 Å². The topological polar surface area (TPSA) is 54.0 Å². The molecular formula is C17H13Cl2N3OS. The van der Waals surface area contributed by atoms with Gasteiger partial charge in [-0.25, -0.2) is 4.98 Å². The summed E-state index contributed by atoms with van der Waals surface area (Å²) >= 11 is 13.7. The van der Waals surface area contributed by atoms with E-state index in [0.29, 0.717) is 10.0 Å². The van der Waals surface area contributed by atoms with E-state index in [9.17, 15) is 4.79 Å². The minimum atomic E-state index is -0.0984. The number of amides is 1. The summed E-state index contributed by atoms with van der Waals surface area (Å²) in [5.74, 6) is -0.0984. The zero-order valence-corrected chi connectivity index (χ0v) is 15.0. The SMILES string of the molecule is CC(=O)Nc1ccc(Nc2nc(-c3cc(Cl)ccc3Cl)cs2)cc1. The van der Waals surface area contributed by atoms with Crippen LogP contribution >= 0.6 is 34.5 Å². The zero-order chi connectivity index (χ0) is 17.1. The third-order valence-corrected chi connectivity index (χ3v) is 4.49. The molecule has 7 heteroatoms. The van der Waals surface area contributed by atoms with Gasteiger partial charge in [0.25, 0.3) is 0 Å². The molecule has 1 aromatic heterocycles. The van der Waals surface area contributed by atoms with E-state index in [4.69, 9.17) is 23.2 Å². The molecule has 122 valence electrons. The smallest absolute Gasteiger partial charge is 0.221 e. The number of hydrogen-bond acceptors (Lipinski definition) is 4. The average molecular weight is 378 g/mol. The van der Waals surface area contributed by atoms with Gasteiger partial charge < -0.3 is 10.6 Å². The molecule has 0 saturated heterocycles. The van der Waals surface area contributed by atoms with Crippen molar-refractivity contribution in [3.05, 3.63) is 57.9 Å². The number of thiazole rings is 1. The van der Waals surface area contributed by atoms with E-state index in [-0.39, 0.29) is 5.91 Å². The molecule has 0 bridgehead atoms. The Morgan fingerprint density at radius 2 is 1.79 bits per heavy atom. The third-order valence-electron chi connectivity index (χ3n) is 3.17. The molecule has 0 radical (unpaired) electrons. The highest BCUT2D eigenvalue weighted by atomic mass is 35.5. The lowest BCUT2D eigenvalue weighted by Crippen LogP contribution is -2.05. The summed E-state index contributed by atoms with van der Waals surface area (Å²) in [5, 5.41) is 9.84. The molecule has 0 saturated carbocycles. The van der Waals surface area contributed by atoms with Crippen LogP contribution in [0.4, 0.5) is 16.5 Å². The second-order valence-electron chi connectivity index (χ2n) is 5.05. The van der Waals surface area contributed by atoms with Crippen LogP contribution in [0, 0.1) is 0 Å². The van der Waals surface area contributed by atoms with Crippen molar-refractivity contribution in [2.24, 2.45) is 0 Å². The molecule has 2 N–H and O–H groups in total. The fourth-order valence-electron chi connectivity index (χ4n) is 2.11. The van der Waals surface area contributed by atoms with Crippen molar-refractivity contribution in [3.8, 4) is 11.3 Å². The Bertz CT molecular complexity index is 878. The molecule has 0 aliphatic heterocycles. The molecule has 24 heavy (non-hydrogen) atoms. The van der Waals surface area contributed by atoms with E-state index < -0.39 is 0 Å². The minimum absolute atomic E-state index is 0.0984. The quantitative estimate of drug-likeness (QED) is 0.602. The molecule has 0 fully saturated rings. The minimum Gasteiger partial charge on any atom is -0.332 e. The number of carbonyl (C=O) groups is 1. The third kappa shape index (κ3) is 4.06. The summed E-state index contributed by atoms with van der Waals surface area (Å²) in [6, 6.07) is 12.7. The zero-order valence-electron chi connectivity index (χ0n) is 12.6. The van der Waals surface area contributed by atoms with Crippen LogP contribution in [0.2, 0.25) is 10.0 Å². The molecule has 1 amide bonds. The first kappa shape index (κ1) is 16.8. The molecule has 0 spiro atoms.